The van der Waals surface area contributed by atoms with Crippen molar-refractivity contribution in [3.05, 3.63) is 83.2 Å². The molecule has 0 unspecified atom stereocenters. The monoisotopic (exact) mass is 405 g/mol. The fourth-order valence-electron chi connectivity index (χ4n) is 3.36. The van der Waals surface area contributed by atoms with Crippen LogP contribution in [0.5, 0.6) is 0 Å². The number of ether oxygens (including phenoxy) is 1. The van der Waals surface area contributed by atoms with E-state index < -0.39 is 5.97 Å². The van der Waals surface area contributed by atoms with Gasteiger partial charge in [0, 0.05) is 24.3 Å². The van der Waals surface area contributed by atoms with Gasteiger partial charge in [0.2, 0.25) is 0 Å². The molecule has 6 nitrogen and oxygen atoms in total. The molecule has 0 aliphatic rings. The van der Waals surface area contributed by atoms with E-state index in [9.17, 15) is 9.59 Å². The Balaban J connectivity index is 1.59. The summed E-state index contributed by atoms with van der Waals surface area (Å²) in [5, 5.41) is 4.55. The van der Waals surface area contributed by atoms with Gasteiger partial charge >= 0.3 is 5.97 Å². The van der Waals surface area contributed by atoms with Crippen molar-refractivity contribution in [2.24, 2.45) is 0 Å². The van der Waals surface area contributed by atoms with Crippen LogP contribution in [0, 0.1) is 13.8 Å². The Bertz CT molecular complexity index is 997. The Kier molecular flexibility index (Phi) is 7.01. The third kappa shape index (κ3) is 5.14. The molecule has 0 atom stereocenters. The SMILES string of the molecule is CCN(Cc1ccccc1)C(=O)COC(=O)Cc1c(C)nn(-c2ccccc2)c1C. The minimum absolute atomic E-state index is 0.0859. The van der Waals surface area contributed by atoms with Crippen LogP contribution in [0.15, 0.2) is 60.7 Å². The molecule has 0 aliphatic heterocycles. The molecule has 0 N–H and O–H groups in total. The zero-order valence-electron chi connectivity index (χ0n) is 17.7. The molecule has 6 heteroatoms. The summed E-state index contributed by atoms with van der Waals surface area (Å²) < 4.78 is 7.11. The molecule has 3 aromatic rings. The summed E-state index contributed by atoms with van der Waals surface area (Å²) in [6.45, 7) is 6.50. The molecule has 0 saturated heterocycles. The Morgan fingerprint density at radius 2 is 1.63 bits per heavy atom. The second-order valence-electron chi connectivity index (χ2n) is 7.13. The Labute approximate surface area is 177 Å². The predicted octanol–water partition coefficient (Wildman–Crippen LogP) is 3.62. The molecule has 1 heterocycles. The zero-order valence-corrected chi connectivity index (χ0v) is 17.7. The molecule has 0 saturated carbocycles. The average Bonchev–Trinajstić information content (AvgIpc) is 3.05. The van der Waals surface area contributed by atoms with E-state index >= 15 is 0 Å². The van der Waals surface area contributed by atoms with Gasteiger partial charge in [-0.2, -0.15) is 5.10 Å². The lowest BCUT2D eigenvalue weighted by molar-refractivity contribution is -0.151. The quantitative estimate of drug-likeness (QED) is 0.537. The number of rotatable bonds is 8. The molecule has 30 heavy (non-hydrogen) atoms. The first-order valence-electron chi connectivity index (χ1n) is 10.1. The summed E-state index contributed by atoms with van der Waals surface area (Å²) in [4.78, 5) is 26.6. The number of nitrogens with zero attached hydrogens (tertiary/aromatic N) is 3. The van der Waals surface area contributed by atoms with Gasteiger partial charge < -0.3 is 9.64 Å². The maximum absolute atomic E-state index is 12.5. The van der Waals surface area contributed by atoms with Crippen molar-refractivity contribution in [1.82, 2.24) is 14.7 Å². The number of benzene rings is 2. The van der Waals surface area contributed by atoms with Crippen LogP contribution in [0.25, 0.3) is 5.69 Å². The van der Waals surface area contributed by atoms with E-state index in [0.29, 0.717) is 13.1 Å². The van der Waals surface area contributed by atoms with Crippen molar-refractivity contribution in [3.63, 3.8) is 0 Å². The van der Waals surface area contributed by atoms with Crippen molar-refractivity contribution < 1.29 is 14.3 Å². The number of amides is 1. The number of carbonyl (C=O) groups is 2. The van der Waals surface area contributed by atoms with Crippen LogP contribution in [0.3, 0.4) is 0 Å². The van der Waals surface area contributed by atoms with Gasteiger partial charge in [0.25, 0.3) is 5.91 Å². The van der Waals surface area contributed by atoms with Crippen molar-refractivity contribution in [2.45, 2.75) is 33.7 Å². The fraction of sp³-hybridized carbons (Fsp3) is 0.292. The van der Waals surface area contributed by atoms with Crippen LogP contribution in [0.2, 0.25) is 0 Å². The Hall–Kier alpha value is -3.41. The molecule has 1 amide bonds. The molecule has 0 fully saturated rings. The maximum atomic E-state index is 12.5. The van der Waals surface area contributed by atoms with E-state index in [0.717, 1.165) is 28.2 Å². The second-order valence-corrected chi connectivity index (χ2v) is 7.13. The van der Waals surface area contributed by atoms with Gasteiger partial charge in [0.1, 0.15) is 0 Å². The lowest BCUT2D eigenvalue weighted by Crippen LogP contribution is -2.34. The average molecular weight is 405 g/mol. The highest BCUT2D eigenvalue weighted by atomic mass is 16.5. The van der Waals surface area contributed by atoms with Gasteiger partial charge in [0.15, 0.2) is 6.61 Å². The number of hydrogen-bond donors (Lipinski definition) is 0. The van der Waals surface area contributed by atoms with Gasteiger partial charge in [-0.1, -0.05) is 48.5 Å². The maximum Gasteiger partial charge on any atom is 0.310 e. The summed E-state index contributed by atoms with van der Waals surface area (Å²) in [6, 6.07) is 19.5. The van der Waals surface area contributed by atoms with E-state index in [1.165, 1.54) is 0 Å². The zero-order chi connectivity index (χ0) is 21.5. The molecular weight excluding hydrogens is 378 g/mol. The highest BCUT2D eigenvalue weighted by Gasteiger charge is 2.19. The molecular formula is C24H27N3O3. The number of aryl methyl sites for hydroxylation is 1. The predicted molar refractivity (Wildman–Crippen MR) is 115 cm³/mol. The summed E-state index contributed by atoms with van der Waals surface area (Å²) >= 11 is 0. The Morgan fingerprint density at radius 1 is 1.00 bits per heavy atom. The molecule has 0 aliphatic carbocycles. The van der Waals surface area contributed by atoms with Gasteiger partial charge in [0.05, 0.1) is 17.8 Å². The molecule has 156 valence electrons. The fourth-order valence-corrected chi connectivity index (χ4v) is 3.36. The van der Waals surface area contributed by atoms with Gasteiger partial charge in [-0.3, -0.25) is 9.59 Å². The lowest BCUT2D eigenvalue weighted by atomic mass is 10.1. The molecule has 3 rings (SSSR count). The first kappa shape index (κ1) is 21.3. The number of esters is 1. The second kappa shape index (κ2) is 9.87. The van der Waals surface area contributed by atoms with E-state index in [1.807, 2.05) is 86.1 Å². The van der Waals surface area contributed by atoms with Gasteiger partial charge in [-0.15, -0.1) is 0 Å². The van der Waals surface area contributed by atoms with Crippen LogP contribution >= 0.6 is 0 Å². The van der Waals surface area contributed by atoms with Crippen molar-refractivity contribution in [1.29, 1.82) is 0 Å². The summed E-state index contributed by atoms with van der Waals surface area (Å²) in [7, 11) is 0. The standard InChI is InChI=1S/C24H27N3O3/c1-4-26(16-20-11-7-5-8-12-20)23(28)17-30-24(29)15-22-18(2)25-27(19(22)3)21-13-9-6-10-14-21/h5-14H,4,15-17H2,1-3H3. The normalized spacial score (nSPS) is 10.6. The summed E-state index contributed by atoms with van der Waals surface area (Å²) in [5.74, 6) is -0.638. The minimum Gasteiger partial charge on any atom is -0.455 e. The molecule has 1 aromatic heterocycles. The number of likely N-dealkylation sites (N-methyl/N-ethyl adjacent to an activating group) is 1. The first-order chi connectivity index (χ1) is 14.5. The van der Waals surface area contributed by atoms with Crippen molar-refractivity contribution >= 4 is 11.9 Å². The topological polar surface area (TPSA) is 64.4 Å². The van der Waals surface area contributed by atoms with Crippen LogP contribution in [0.4, 0.5) is 0 Å². The number of carbonyl (C=O) groups excluding carboxylic acids is 2. The lowest BCUT2D eigenvalue weighted by Gasteiger charge is -2.20. The number of para-hydroxylation sites is 1. The first-order valence-corrected chi connectivity index (χ1v) is 10.1. The van der Waals surface area contributed by atoms with Crippen molar-refractivity contribution in [2.75, 3.05) is 13.2 Å². The van der Waals surface area contributed by atoms with Crippen LogP contribution in [-0.2, 0) is 27.3 Å². The summed E-state index contributed by atoms with van der Waals surface area (Å²) in [5.41, 5.74) is 4.47. The molecule has 2 aromatic carbocycles. The Morgan fingerprint density at radius 3 is 2.27 bits per heavy atom. The van der Waals surface area contributed by atoms with Crippen LogP contribution < -0.4 is 0 Å². The third-order valence-corrected chi connectivity index (χ3v) is 5.07. The minimum atomic E-state index is -0.432. The van der Waals surface area contributed by atoms with E-state index in [4.69, 9.17) is 4.74 Å². The third-order valence-electron chi connectivity index (χ3n) is 5.07. The molecule has 0 bridgehead atoms. The van der Waals surface area contributed by atoms with Gasteiger partial charge in [-0.05, 0) is 38.5 Å². The van der Waals surface area contributed by atoms with E-state index in [1.54, 1.807) is 4.90 Å². The smallest absolute Gasteiger partial charge is 0.310 e. The van der Waals surface area contributed by atoms with Gasteiger partial charge in [-0.25, -0.2) is 4.68 Å². The van der Waals surface area contributed by atoms with Crippen LogP contribution in [0.1, 0.15) is 29.4 Å². The summed E-state index contributed by atoms with van der Waals surface area (Å²) in [6.07, 6.45) is 0.0859. The van der Waals surface area contributed by atoms with E-state index in [-0.39, 0.29) is 18.9 Å². The molecule has 0 radical (unpaired) electrons. The highest BCUT2D eigenvalue weighted by molar-refractivity contribution is 5.81. The highest BCUT2D eigenvalue weighted by Crippen LogP contribution is 2.18. The number of hydrogen-bond acceptors (Lipinski definition) is 4. The van der Waals surface area contributed by atoms with E-state index in [2.05, 4.69) is 5.10 Å². The molecule has 0 spiro atoms. The number of aromatic nitrogens is 2. The van der Waals surface area contributed by atoms with Crippen molar-refractivity contribution in [3.8, 4) is 5.69 Å². The van der Waals surface area contributed by atoms with Crippen LogP contribution in [-0.4, -0.2) is 39.7 Å². The largest absolute Gasteiger partial charge is 0.455 e.